The van der Waals surface area contributed by atoms with Crippen molar-refractivity contribution in [1.82, 2.24) is 20.4 Å². The van der Waals surface area contributed by atoms with E-state index in [1.165, 1.54) is 28.9 Å². The number of carbonyl (C=O) groups is 3. The van der Waals surface area contributed by atoms with Gasteiger partial charge in [-0.05, 0) is 56.8 Å². The summed E-state index contributed by atoms with van der Waals surface area (Å²) in [5.41, 5.74) is 1.97. The van der Waals surface area contributed by atoms with Gasteiger partial charge in [-0.15, -0.1) is 11.3 Å². The second-order valence-electron chi connectivity index (χ2n) is 9.23. The molecule has 1 aliphatic heterocycles. The fraction of sp³-hybridized carbons (Fsp3) is 0.458. The van der Waals surface area contributed by atoms with Crippen molar-refractivity contribution in [1.29, 1.82) is 0 Å². The van der Waals surface area contributed by atoms with Crippen molar-refractivity contribution in [3.63, 3.8) is 0 Å². The first-order valence-electron chi connectivity index (χ1n) is 11.2. The van der Waals surface area contributed by atoms with Crippen LogP contribution in [0.4, 0.5) is 4.79 Å². The van der Waals surface area contributed by atoms with E-state index in [1.807, 2.05) is 24.3 Å². The van der Waals surface area contributed by atoms with Crippen molar-refractivity contribution in [2.24, 2.45) is 0 Å². The van der Waals surface area contributed by atoms with Gasteiger partial charge in [0.25, 0.3) is 11.8 Å². The number of halogens is 1. The molecule has 182 valence electrons. The molecule has 10 heteroatoms. The summed E-state index contributed by atoms with van der Waals surface area (Å²) in [7, 11) is 5.45. The van der Waals surface area contributed by atoms with Crippen LogP contribution >= 0.6 is 22.9 Å². The van der Waals surface area contributed by atoms with E-state index in [9.17, 15) is 14.4 Å². The Hall–Kier alpha value is -2.62. The third kappa shape index (κ3) is 5.37. The maximum Gasteiger partial charge on any atom is 0.409 e. The van der Waals surface area contributed by atoms with Crippen molar-refractivity contribution in [3.8, 4) is 0 Å². The lowest BCUT2D eigenvalue weighted by Crippen LogP contribution is -2.50. The Morgan fingerprint density at radius 1 is 1.06 bits per heavy atom. The lowest BCUT2D eigenvalue weighted by Gasteiger charge is -2.22. The highest BCUT2D eigenvalue weighted by Crippen LogP contribution is 2.48. The molecule has 8 nitrogen and oxygen atoms in total. The molecular formula is C24H29ClN4O4S. The summed E-state index contributed by atoms with van der Waals surface area (Å²) in [4.78, 5) is 41.9. The second kappa shape index (κ2) is 9.93. The highest BCUT2D eigenvalue weighted by Gasteiger charge is 2.44. The average Bonchev–Trinajstić information content (AvgIpc) is 3.27. The fourth-order valence-corrected chi connectivity index (χ4v) is 5.52. The molecule has 1 saturated carbocycles. The molecule has 2 fully saturated rings. The number of likely N-dealkylation sites (tertiary alicyclic amines) is 1. The normalized spacial score (nSPS) is 20.8. The van der Waals surface area contributed by atoms with Crippen molar-refractivity contribution in [2.45, 2.75) is 30.3 Å². The Labute approximate surface area is 208 Å². The van der Waals surface area contributed by atoms with Crippen LogP contribution in [0.5, 0.6) is 0 Å². The van der Waals surface area contributed by atoms with Gasteiger partial charge in [-0.25, -0.2) is 4.79 Å². The number of likely N-dealkylation sites (N-methyl/N-ethyl adjacent to an activating group) is 1. The molecule has 2 atom stereocenters. The Morgan fingerprint density at radius 2 is 1.68 bits per heavy atom. The summed E-state index contributed by atoms with van der Waals surface area (Å²) >= 11 is 7.12. The van der Waals surface area contributed by atoms with Gasteiger partial charge in [0, 0.05) is 30.6 Å². The fourth-order valence-electron chi connectivity index (χ4n) is 4.57. The number of thiophene rings is 1. The zero-order valence-corrected chi connectivity index (χ0v) is 21.0. The highest BCUT2D eigenvalue weighted by atomic mass is 35.5. The third-order valence-corrected chi connectivity index (χ3v) is 7.64. The number of nitrogens with zero attached hydrogens (tertiary/aromatic N) is 2. The number of nitrogens with one attached hydrogen (secondary N) is 2. The zero-order chi connectivity index (χ0) is 24.5. The van der Waals surface area contributed by atoms with E-state index in [2.05, 4.69) is 29.6 Å². The predicted molar refractivity (Wildman–Crippen MR) is 132 cm³/mol. The van der Waals surface area contributed by atoms with Crippen LogP contribution in [0.25, 0.3) is 0 Å². The van der Waals surface area contributed by atoms with Gasteiger partial charge in [0.15, 0.2) is 0 Å². The van der Waals surface area contributed by atoms with Gasteiger partial charge in [-0.3, -0.25) is 9.59 Å². The number of hydrogen-bond acceptors (Lipinski definition) is 6. The first kappa shape index (κ1) is 24.5. The SMILES string of the molecule is COC(=O)N1CC(NC(=O)c2ccc(C3(CN(C)C)CC3)cc2)C(NC(=O)c2ccc(Cl)s2)C1. The van der Waals surface area contributed by atoms with Crippen LogP contribution in [-0.2, 0) is 10.2 Å². The molecule has 2 unspecified atom stereocenters. The first-order chi connectivity index (χ1) is 16.2. The minimum Gasteiger partial charge on any atom is -0.453 e. The molecule has 0 radical (unpaired) electrons. The maximum atomic E-state index is 13.0. The van der Waals surface area contributed by atoms with Crippen LogP contribution < -0.4 is 10.6 Å². The predicted octanol–water partition coefficient (Wildman–Crippen LogP) is 2.97. The molecule has 34 heavy (non-hydrogen) atoms. The minimum atomic E-state index is -0.504. The summed E-state index contributed by atoms with van der Waals surface area (Å²) in [6.45, 7) is 1.45. The molecule has 1 aromatic carbocycles. The number of benzene rings is 1. The van der Waals surface area contributed by atoms with E-state index in [1.54, 1.807) is 12.1 Å². The van der Waals surface area contributed by atoms with Gasteiger partial charge in [0.05, 0.1) is 28.4 Å². The Kier molecular flexibility index (Phi) is 7.16. The lowest BCUT2D eigenvalue weighted by molar-refractivity contribution is 0.0898. The molecule has 1 aromatic heterocycles. The second-order valence-corrected chi connectivity index (χ2v) is 10.9. The third-order valence-electron chi connectivity index (χ3n) is 6.41. The summed E-state index contributed by atoms with van der Waals surface area (Å²) in [6.07, 6.45) is 1.80. The minimum absolute atomic E-state index is 0.186. The van der Waals surface area contributed by atoms with Crippen LogP contribution in [0, 0.1) is 0 Å². The van der Waals surface area contributed by atoms with Crippen LogP contribution in [0.15, 0.2) is 36.4 Å². The topological polar surface area (TPSA) is 91.0 Å². The number of methoxy groups -OCH3 is 1. The molecule has 3 amide bonds. The van der Waals surface area contributed by atoms with E-state index in [0.717, 1.165) is 19.4 Å². The van der Waals surface area contributed by atoms with E-state index in [4.69, 9.17) is 16.3 Å². The summed E-state index contributed by atoms with van der Waals surface area (Å²) < 4.78 is 5.35. The Balaban J connectivity index is 1.44. The van der Waals surface area contributed by atoms with Gasteiger partial charge >= 0.3 is 6.09 Å². The molecular weight excluding hydrogens is 476 g/mol. The number of rotatable bonds is 7. The van der Waals surface area contributed by atoms with Crippen LogP contribution in [0.2, 0.25) is 4.34 Å². The molecule has 2 aliphatic rings. The Morgan fingerprint density at radius 3 is 2.18 bits per heavy atom. The standard InChI is InChI=1S/C24H29ClN4O4S/c1-28(2)14-24(10-11-24)16-6-4-15(5-7-16)21(30)26-17-12-29(23(32)33-3)13-18(17)27-22(31)19-8-9-20(25)34-19/h4-9,17-18H,10-14H2,1-3H3,(H,26,30)(H,27,31). The van der Waals surface area contributed by atoms with Gasteiger partial charge in [-0.1, -0.05) is 23.7 Å². The molecule has 2 heterocycles. The van der Waals surface area contributed by atoms with Gasteiger partial charge in [-0.2, -0.15) is 0 Å². The maximum absolute atomic E-state index is 13.0. The average molecular weight is 505 g/mol. The summed E-state index contributed by atoms with van der Waals surface area (Å²) in [5.74, 6) is -0.549. The van der Waals surface area contributed by atoms with Crippen LogP contribution in [0.1, 0.15) is 38.4 Å². The van der Waals surface area contributed by atoms with Crippen molar-refractivity contribution in [3.05, 3.63) is 56.7 Å². The molecule has 4 rings (SSSR count). The lowest BCUT2D eigenvalue weighted by atomic mass is 9.94. The molecule has 1 saturated heterocycles. The van der Waals surface area contributed by atoms with Crippen molar-refractivity contribution < 1.29 is 19.1 Å². The van der Waals surface area contributed by atoms with Crippen molar-refractivity contribution in [2.75, 3.05) is 40.8 Å². The molecule has 0 spiro atoms. The number of carbonyl (C=O) groups excluding carboxylic acids is 3. The number of ether oxygens (including phenoxy) is 1. The van der Waals surface area contributed by atoms with Crippen LogP contribution in [0.3, 0.4) is 0 Å². The highest BCUT2D eigenvalue weighted by molar-refractivity contribution is 7.18. The van der Waals surface area contributed by atoms with Gasteiger partial charge in [0.2, 0.25) is 0 Å². The molecule has 0 bridgehead atoms. The zero-order valence-electron chi connectivity index (χ0n) is 19.5. The molecule has 2 N–H and O–H groups in total. The monoisotopic (exact) mass is 504 g/mol. The molecule has 1 aliphatic carbocycles. The van der Waals surface area contributed by atoms with Gasteiger partial charge < -0.3 is 25.2 Å². The van der Waals surface area contributed by atoms with Crippen molar-refractivity contribution >= 4 is 40.8 Å². The largest absolute Gasteiger partial charge is 0.453 e. The smallest absolute Gasteiger partial charge is 0.409 e. The quantitative estimate of drug-likeness (QED) is 0.605. The summed E-state index contributed by atoms with van der Waals surface area (Å²) in [6, 6.07) is 10.1. The van der Waals surface area contributed by atoms with E-state index >= 15 is 0 Å². The van der Waals surface area contributed by atoms with Crippen LogP contribution in [-0.4, -0.2) is 80.6 Å². The van der Waals surface area contributed by atoms with Gasteiger partial charge in [0.1, 0.15) is 0 Å². The number of amides is 3. The van der Waals surface area contributed by atoms with E-state index < -0.39 is 18.2 Å². The van der Waals surface area contributed by atoms with E-state index in [-0.39, 0.29) is 30.3 Å². The van der Waals surface area contributed by atoms with E-state index in [0.29, 0.717) is 14.8 Å². The first-order valence-corrected chi connectivity index (χ1v) is 12.4. The number of hydrogen-bond donors (Lipinski definition) is 2. The Bertz CT molecular complexity index is 1070. The summed E-state index contributed by atoms with van der Waals surface area (Å²) in [5, 5.41) is 5.91. The molecule has 2 aromatic rings.